The van der Waals surface area contributed by atoms with Crippen LogP contribution in [0.2, 0.25) is 0 Å². The van der Waals surface area contributed by atoms with E-state index in [2.05, 4.69) is 23.9 Å². The molecule has 1 heterocycles. The first-order valence-corrected chi connectivity index (χ1v) is 9.42. The molecule has 0 aromatic carbocycles. The molecule has 0 amide bonds. The van der Waals surface area contributed by atoms with Gasteiger partial charge in [-0.1, -0.05) is 13.8 Å². The summed E-state index contributed by atoms with van der Waals surface area (Å²) in [6.07, 6.45) is 3.84. The minimum Gasteiger partial charge on any atom is -0.447 e. The second-order valence-electron chi connectivity index (χ2n) is 4.67. The Morgan fingerprint density at radius 1 is 1.30 bits per heavy atom. The van der Waals surface area contributed by atoms with Crippen LogP contribution >= 0.6 is 11.8 Å². The van der Waals surface area contributed by atoms with E-state index in [0.29, 0.717) is 18.8 Å². The summed E-state index contributed by atoms with van der Waals surface area (Å²) < 4.78 is 32.4. The Balaban J connectivity index is 2.78. The van der Waals surface area contributed by atoms with Crippen LogP contribution in [0.5, 0.6) is 0 Å². The number of rotatable bonds is 9. The molecule has 0 unspecified atom stereocenters. The van der Waals surface area contributed by atoms with Crippen LogP contribution in [-0.2, 0) is 16.6 Å². The van der Waals surface area contributed by atoms with Crippen LogP contribution in [0.15, 0.2) is 21.6 Å². The number of sulfonamides is 1. The van der Waals surface area contributed by atoms with Crippen LogP contribution in [0.25, 0.3) is 0 Å². The van der Waals surface area contributed by atoms with Gasteiger partial charge in [0.15, 0.2) is 0 Å². The van der Waals surface area contributed by atoms with E-state index in [1.807, 2.05) is 6.26 Å². The highest BCUT2D eigenvalue weighted by Gasteiger charge is 2.28. The summed E-state index contributed by atoms with van der Waals surface area (Å²) >= 11 is 1.70. The second-order valence-corrected chi connectivity index (χ2v) is 7.64. The molecule has 0 radical (unpaired) electrons. The molecular formula is C13H24N2O3S2. The van der Waals surface area contributed by atoms with Crippen molar-refractivity contribution in [1.82, 2.24) is 10.0 Å². The molecular weight excluding hydrogens is 296 g/mol. The van der Waals surface area contributed by atoms with Gasteiger partial charge in [-0.2, -0.15) is 11.8 Å². The smallest absolute Gasteiger partial charge is 0.274 e. The number of thioether (sulfide) groups is 1. The zero-order chi connectivity index (χ0) is 15.2. The summed E-state index contributed by atoms with van der Waals surface area (Å²) in [7, 11) is -1.80. The van der Waals surface area contributed by atoms with Crippen molar-refractivity contribution in [2.75, 3.05) is 19.8 Å². The van der Waals surface area contributed by atoms with Gasteiger partial charge in [-0.3, -0.25) is 0 Å². The van der Waals surface area contributed by atoms with Crippen molar-refractivity contribution in [3.63, 3.8) is 0 Å². The van der Waals surface area contributed by atoms with Crippen LogP contribution in [0.4, 0.5) is 0 Å². The van der Waals surface area contributed by atoms with Crippen molar-refractivity contribution < 1.29 is 12.8 Å². The third-order valence-corrected chi connectivity index (χ3v) is 6.42. The highest BCUT2D eigenvalue weighted by molar-refractivity contribution is 8.00. The molecule has 0 aliphatic rings. The fraction of sp³-hybridized carbons (Fsp3) is 0.692. The maximum Gasteiger partial charge on any atom is 0.274 e. The van der Waals surface area contributed by atoms with Crippen LogP contribution < -0.4 is 10.0 Å². The Bertz CT molecular complexity index is 499. The van der Waals surface area contributed by atoms with Crippen molar-refractivity contribution in [1.29, 1.82) is 0 Å². The van der Waals surface area contributed by atoms with Gasteiger partial charge in [0.25, 0.3) is 10.0 Å². The van der Waals surface area contributed by atoms with Gasteiger partial charge in [0.1, 0.15) is 5.76 Å². The first kappa shape index (κ1) is 17.6. The predicted molar refractivity (Wildman–Crippen MR) is 83.5 cm³/mol. The SMILES string of the molecule is CCC(CC)(CNS(=O)(=O)c1ccc(CNC)o1)SC. The van der Waals surface area contributed by atoms with Gasteiger partial charge in [-0.15, -0.1) is 0 Å². The third-order valence-electron chi connectivity index (χ3n) is 3.56. The summed E-state index contributed by atoms with van der Waals surface area (Å²) in [6, 6.07) is 3.17. The highest BCUT2D eigenvalue weighted by Crippen LogP contribution is 2.30. The van der Waals surface area contributed by atoms with E-state index < -0.39 is 10.0 Å². The van der Waals surface area contributed by atoms with E-state index in [-0.39, 0.29) is 9.84 Å². The van der Waals surface area contributed by atoms with Crippen molar-refractivity contribution in [3.8, 4) is 0 Å². The molecule has 0 bridgehead atoms. The summed E-state index contributed by atoms with van der Waals surface area (Å²) in [5, 5.41) is 2.90. The van der Waals surface area contributed by atoms with Gasteiger partial charge < -0.3 is 9.73 Å². The van der Waals surface area contributed by atoms with Crippen LogP contribution in [0.1, 0.15) is 32.4 Å². The maximum atomic E-state index is 12.2. The fourth-order valence-corrected chi connectivity index (χ4v) is 3.89. The molecule has 0 saturated heterocycles. The second kappa shape index (κ2) is 7.49. The minimum absolute atomic E-state index is 0.0232. The summed E-state index contributed by atoms with van der Waals surface area (Å²) in [4.78, 5) is 0. The molecule has 0 fully saturated rings. The molecule has 1 aromatic heterocycles. The number of hydrogen-bond acceptors (Lipinski definition) is 5. The maximum absolute atomic E-state index is 12.2. The number of furan rings is 1. The number of nitrogens with one attached hydrogen (secondary N) is 2. The van der Waals surface area contributed by atoms with Crippen LogP contribution in [0.3, 0.4) is 0 Å². The standard InChI is InChI=1S/C13H24N2O3S2/c1-5-13(6-2,19-4)10-15-20(16,17)12-8-7-11(18-12)9-14-3/h7-8,14-15H,5-6,9-10H2,1-4H3. The van der Waals surface area contributed by atoms with Crippen molar-refractivity contribution in [2.45, 2.75) is 43.1 Å². The van der Waals surface area contributed by atoms with E-state index in [1.165, 1.54) is 6.07 Å². The molecule has 116 valence electrons. The summed E-state index contributed by atoms with van der Waals surface area (Å²) in [5.41, 5.74) is 0. The lowest BCUT2D eigenvalue weighted by atomic mass is 10.0. The largest absolute Gasteiger partial charge is 0.447 e. The quantitative estimate of drug-likeness (QED) is 0.730. The van der Waals surface area contributed by atoms with Gasteiger partial charge >= 0.3 is 0 Å². The van der Waals surface area contributed by atoms with Crippen molar-refractivity contribution in [2.24, 2.45) is 0 Å². The molecule has 5 nitrogen and oxygen atoms in total. The zero-order valence-electron chi connectivity index (χ0n) is 12.5. The Morgan fingerprint density at radius 3 is 2.45 bits per heavy atom. The lowest BCUT2D eigenvalue weighted by molar-refractivity contribution is 0.403. The minimum atomic E-state index is -3.58. The van der Waals surface area contributed by atoms with E-state index >= 15 is 0 Å². The average molecular weight is 320 g/mol. The molecule has 2 N–H and O–H groups in total. The number of hydrogen-bond donors (Lipinski definition) is 2. The molecule has 7 heteroatoms. The fourth-order valence-electron chi connectivity index (χ4n) is 1.93. The normalized spacial score (nSPS) is 12.8. The Labute approximate surface area is 125 Å². The molecule has 0 saturated carbocycles. The van der Waals surface area contributed by atoms with Gasteiger partial charge in [-0.25, -0.2) is 13.1 Å². The Kier molecular flexibility index (Phi) is 6.57. The van der Waals surface area contributed by atoms with Gasteiger partial charge in [0.2, 0.25) is 5.09 Å². The van der Waals surface area contributed by atoms with Crippen LogP contribution in [0, 0.1) is 0 Å². The summed E-state index contributed by atoms with van der Waals surface area (Å²) in [5.74, 6) is 0.606. The lowest BCUT2D eigenvalue weighted by Gasteiger charge is -2.29. The average Bonchev–Trinajstić information content (AvgIpc) is 2.91. The molecule has 0 aliphatic carbocycles. The first-order chi connectivity index (χ1) is 9.43. The molecule has 1 rings (SSSR count). The lowest BCUT2D eigenvalue weighted by Crippen LogP contribution is -2.39. The summed E-state index contributed by atoms with van der Waals surface area (Å²) in [6.45, 7) is 5.07. The molecule has 20 heavy (non-hydrogen) atoms. The first-order valence-electron chi connectivity index (χ1n) is 6.71. The van der Waals surface area contributed by atoms with Crippen LogP contribution in [-0.4, -0.2) is 33.0 Å². The Morgan fingerprint density at radius 2 is 1.95 bits per heavy atom. The molecule has 0 aliphatic heterocycles. The molecule has 0 atom stereocenters. The van der Waals surface area contributed by atoms with E-state index in [4.69, 9.17) is 4.42 Å². The van der Waals surface area contributed by atoms with E-state index in [9.17, 15) is 8.42 Å². The van der Waals surface area contributed by atoms with Crippen molar-refractivity contribution in [3.05, 3.63) is 17.9 Å². The monoisotopic (exact) mass is 320 g/mol. The van der Waals surface area contributed by atoms with Gasteiger partial charge in [0, 0.05) is 11.3 Å². The van der Waals surface area contributed by atoms with Crippen molar-refractivity contribution >= 4 is 21.8 Å². The Hall–Kier alpha value is -0.500. The predicted octanol–water partition coefficient (Wildman–Crippen LogP) is 2.20. The molecule has 1 aromatic rings. The molecule has 0 spiro atoms. The van der Waals surface area contributed by atoms with Gasteiger partial charge in [-0.05, 0) is 38.3 Å². The van der Waals surface area contributed by atoms with E-state index in [0.717, 1.165) is 12.8 Å². The topological polar surface area (TPSA) is 71.3 Å². The highest BCUT2D eigenvalue weighted by atomic mass is 32.2. The zero-order valence-corrected chi connectivity index (χ0v) is 14.2. The van der Waals surface area contributed by atoms with E-state index in [1.54, 1.807) is 24.9 Å². The van der Waals surface area contributed by atoms with Gasteiger partial charge in [0.05, 0.1) is 6.54 Å². The third kappa shape index (κ3) is 4.25.